The molecule has 2 aromatic rings. The van der Waals surface area contributed by atoms with Gasteiger partial charge in [0.15, 0.2) is 5.78 Å². The smallest absolute Gasteiger partial charge is 0.191 e. The molecule has 0 aliphatic heterocycles. The highest BCUT2D eigenvalue weighted by molar-refractivity contribution is 6.12. The Labute approximate surface area is 105 Å². The average Bonchev–Trinajstić information content (AvgIpc) is 2.78. The van der Waals surface area contributed by atoms with Gasteiger partial charge in [0.1, 0.15) is 17.6 Å². The van der Waals surface area contributed by atoms with Gasteiger partial charge in [-0.15, -0.1) is 0 Å². The van der Waals surface area contributed by atoms with Crippen molar-refractivity contribution in [1.82, 2.24) is 4.90 Å². The maximum Gasteiger partial charge on any atom is 0.191 e. The summed E-state index contributed by atoms with van der Waals surface area (Å²) in [4.78, 5) is 13.8. The minimum Gasteiger partial charge on any atom is -0.497 e. The number of benzene rings is 1. The molecule has 0 radical (unpaired) electrons. The molecule has 0 amide bonds. The van der Waals surface area contributed by atoms with Crippen LogP contribution in [0.2, 0.25) is 0 Å². The number of hydrogen-bond acceptors (Lipinski definition) is 4. The molecule has 4 nitrogen and oxygen atoms in total. The number of carbonyl (C=O) groups excluding carboxylic acids is 1. The van der Waals surface area contributed by atoms with E-state index in [9.17, 15) is 4.79 Å². The van der Waals surface area contributed by atoms with Crippen LogP contribution >= 0.6 is 0 Å². The van der Waals surface area contributed by atoms with Crippen LogP contribution in [0.15, 0.2) is 41.2 Å². The lowest BCUT2D eigenvalue weighted by Gasteiger charge is -2.02. The van der Waals surface area contributed by atoms with Crippen LogP contribution in [0.25, 0.3) is 11.0 Å². The number of furan rings is 1. The number of methoxy groups -OCH3 is 1. The van der Waals surface area contributed by atoms with Crippen molar-refractivity contribution in [2.45, 2.75) is 0 Å². The van der Waals surface area contributed by atoms with Crippen LogP contribution in [0.3, 0.4) is 0 Å². The van der Waals surface area contributed by atoms with Crippen LogP contribution in [0, 0.1) is 0 Å². The van der Waals surface area contributed by atoms with E-state index in [1.54, 1.807) is 36.4 Å². The van der Waals surface area contributed by atoms with E-state index in [4.69, 9.17) is 9.15 Å². The molecule has 0 saturated heterocycles. The fourth-order valence-corrected chi connectivity index (χ4v) is 1.63. The lowest BCUT2D eigenvalue weighted by molar-refractivity contribution is 0.104. The van der Waals surface area contributed by atoms with Gasteiger partial charge in [0, 0.05) is 31.8 Å². The third-order valence-electron chi connectivity index (χ3n) is 2.57. The van der Waals surface area contributed by atoms with Gasteiger partial charge in [-0.05, 0) is 18.2 Å². The van der Waals surface area contributed by atoms with E-state index in [2.05, 4.69) is 0 Å². The predicted octanol–water partition coefficient (Wildman–Crippen LogP) is 2.70. The molecule has 2 rings (SSSR count). The molecule has 94 valence electrons. The summed E-state index contributed by atoms with van der Waals surface area (Å²) in [5.41, 5.74) is 1.22. The Kier molecular flexibility index (Phi) is 3.37. The van der Waals surface area contributed by atoms with E-state index in [1.807, 2.05) is 14.1 Å². The molecule has 0 unspecified atom stereocenters. The molecule has 1 aromatic heterocycles. The van der Waals surface area contributed by atoms with Crippen molar-refractivity contribution in [3.05, 3.63) is 42.3 Å². The maximum absolute atomic E-state index is 12.0. The van der Waals surface area contributed by atoms with Crippen LogP contribution in [-0.2, 0) is 0 Å². The van der Waals surface area contributed by atoms with E-state index < -0.39 is 0 Å². The van der Waals surface area contributed by atoms with E-state index >= 15 is 0 Å². The molecule has 0 spiro atoms. The highest BCUT2D eigenvalue weighted by Crippen LogP contribution is 2.26. The minimum absolute atomic E-state index is 0.0873. The topological polar surface area (TPSA) is 42.7 Å². The number of hydrogen-bond donors (Lipinski definition) is 0. The van der Waals surface area contributed by atoms with Gasteiger partial charge in [0.05, 0.1) is 12.7 Å². The second kappa shape index (κ2) is 4.96. The Morgan fingerprint density at radius 3 is 2.83 bits per heavy atom. The van der Waals surface area contributed by atoms with E-state index in [0.29, 0.717) is 16.9 Å². The average molecular weight is 245 g/mol. The van der Waals surface area contributed by atoms with E-state index in [1.165, 1.54) is 12.3 Å². The fourth-order valence-electron chi connectivity index (χ4n) is 1.63. The summed E-state index contributed by atoms with van der Waals surface area (Å²) in [6.45, 7) is 0. The number of ether oxygens (including phenoxy) is 1. The van der Waals surface area contributed by atoms with Gasteiger partial charge in [-0.3, -0.25) is 4.79 Å². The molecule has 1 aromatic carbocycles. The monoisotopic (exact) mass is 245 g/mol. The molecule has 18 heavy (non-hydrogen) atoms. The zero-order chi connectivity index (χ0) is 13.1. The fraction of sp³-hybridized carbons (Fsp3) is 0.214. The van der Waals surface area contributed by atoms with Crippen LogP contribution in [0.1, 0.15) is 10.4 Å². The van der Waals surface area contributed by atoms with Gasteiger partial charge in [-0.1, -0.05) is 0 Å². The number of ketones is 1. The van der Waals surface area contributed by atoms with Crippen molar-refractivity contribution >= 4 is 16.8 Å². The van der Waals surface area contributed by atoms with Crippen molar-refractivity contribution in [2.24, 2.45) is 0 Å². The molecule has 0 saturated carbocycles. The lowest BCUT2D eigenvalue weighted by Crippen LogP contribution is -2.02. The molecule has 0 N–H and O–H groups in total. The largest absolute Gasteiger partial charge is 0.497 e. The molecule has 0 bridgehead atoms. The number of carbonyl (C=O) groups is 1. The first-order valence-electron chi connectivity index (χ1n) is 5.56. The van der Waals surface area contributed by atoms with Crippen molar-refractivity contribution in [3.8, 4) is 5.75 Å². The molecule has 0 aliphatic rings. The van der Waals surface area contributed by atoms with Crippen molar-refractivity contribution in [2.75, 3.05) is 21.2 Å². The SMILES string of the molecule is COc1ccc2occ(C(=O)/C=C\N(C)C)c2c1. The molecular formula is C14H15NO3. The van der Waals surface area contributed by atoms with Crippen LogP contribution in [0.5, 0.6) is 5.75 Å². The van der Waals surface area contributed by atoms with Crippen molar-refractivity contribution in [3.63, 3.8) is 0 Å². The number of nitrogens with zero attached hydrogens (tertiary/aromatic N) is 1. The summed E-state index contributed by atoms with van der Waals surface area (Å²) < 4.78 is 10.5. The Balaban J connectivity index is 2.41. The third-order valence-corrected chi connectivity index (χ3v) is 2.57. The second-order valence-electron chi connectivity index (χ2n) is 4.16. The van der Waals surface area contributed by atoms with Gasteiger partial charge >= 0.3 is 0 Å². The van der Waals surface area contributed by atoms with Crippen LogP contribution in [0.4, 0.5) is 0 Å². The summed E-state index contributed by atoms with van der Waals surface area (Å²) in [6.07, 6.45) is 4.71. The summed E-state index contributed by atoms with van der Waals surface area (Å²) in [6, 6.07) is 5.39. The molecule has 0 aliphatic carbocycles. The van der Waals surface area contributed by atoms with E-state index in [0.717, 1.165) is 5.39 Å². The highest BCUT2D eigenvalue weighted by Gasteiger charge is 2.12. The first-order chi connectivity index (χ1) is 8.61. The van der Waals surface area contributed by atoms with Gasteiger partial charge in [-0.25, -0.2) is 0 Å². The Bertz CT molecular complexity index is 596. The Morgan fingerprint density at radius 1 is 1.39 bits per heavy atom. The standard InChI is InChI=1S/C14H15NO3/c1-15(2)7-6-13(16)12-9-18-14-5-4-10(17-3)8-11(12)14/h4-9H,1-3H3/b7-6-. The predicted molar refractivity (Wildman–Crippen MR) is 69.9 cm³/mol. The summed E-state index contributed by atoms with van der Waals surface area (Å²) >= 11 is 0. The normalized spacial score (nSPS) is 11.1. The van der Waals surface area contributed by atoms with Crippen molar-refractivity contribution < 1.29 is 13.9 Å². The zero-order valence-corrected chi connectivity index (χ0v) is 10.6. The molecule has 0 fully saturated rings. The summed E-state index contributed by atoms with van der Waals surface area (Å²) in [5.74, 6) is 0.616. The summed E-state index contributed by atoms with van der Waals surface area (Å²) in [5, 5.41) is 0.766. The van der Waals surface area contributed by atoms with Gasteiger partial charge in [-0.2, -0.15) is 0 Å². The third kappa shape index (κ3) is 2.37. The second-order valence-corrected chi connectivity index (χ2v) is 4.16. The Hall–Kier alpha value is -2.23. The molecular weight excluding hydrogens is 230 g/mol. The van der Waals surface area contributed by atoms with Gasteiger partial charge in [0.2, 0.25) is 0 Å². The quantitative estimate of drug-likeness (QED) is 0.613. The maximum atomic E-state index is 12.0. The zero-order valence-electron chi connectivity index (χ0n) is 10.6. The number of allylic oxidation sites excluding steroid dienone is 1. The Morgan fingerprint density at radius 2 is 2.17 bits per heavy atom. The first-order valence-corrected chi connectivity index (χ1v) is 5.56. The van der Waals surface area contributed by atoms with Crippen LogP contribution < -0.4 is 4.74 Å². The van der Waals surface area contributed by atoms with Gasteiger partial charge < -0.3 is 14.1 Å². The molecule has 0 atom stereocenters. The lowest BCUT2D eigenvalue weighted by atomic mass is 10.1. The summed E-state index contributed by atoms with van der Waals surface area (Å²) in [7, 11) is 5.31. The number of rotatable bonds is 4. The van der Waals surface area contributed by atoms with E-state index in [-0.39, 0.29) is 5.78 Å². The molecule has 4 heteroatoms. The first kappa shape index (κ1) is 12.2. The van der Waals surface area contributed by atoms with Crippen molar-refractivity contribution in [1.29, 1.82) is 0 Å². The van der Waals surface area contributed by atoms with Crippen LogP contribution in [-0.4, -0.2) is 31.9 Å². The van der Waals surface area contributed by atoms with Gasteiger partial charge in [0.25, 0.3) is 0 Å². The molecule has 1 heterocycles. The highest BCUT2D eigenvalue weighted by atomic mass is 16.5. The minimum atomic E-state index is -0.0873. The number of fused-ring (bicyclic) bond motifs is 1.